The van der Waals surface area contributed by atoms with E-state index >= 15 is 0 Å². The normalized spacial score (nSPS) is 17.2. The maximum Gasteiger partial charge on any atom is 0.311 e. The van der Waals surface area contributed by atoms with Crippen LogP contribution < -0.4 is 10.1 Å². The fourth-order valence-electron chi connectivity index (χ4n) is 2.95. The Hall–Kier alpha value is -3.00. The standard InChI is InChI=1S/C17H18N4O4/c1-25-16-5-4-12(9-14(16)21(23)24)17(22)20-8-7-19-11-15(20)13-3-2-6-18-10-13/h2-6,9-10,15,19H,7-8,11H2,1H3. The van der Waals surface area contributed by atoms with Crippen molar-refractivity contribution in [3.8, 4) is 5.75 Å². The van der Waals surface area contributed by atoms with Gasteiger partial charge in [0.2, 0.25) is 0 Å². The van der Waals surface area contributed by atoms with Crippen LogP contribution in [0.3, 0.4) is 0 Å². The quantitative estimate of drug-likeness (QED) is 0.672. The summed E-state index contributed by atoms with van der Waals surface area (Å²) in [4.78, 5) is 29.5. The molecule has 1 aromatic heterocycles. The summed E-state index contributed by atoms with van der Waals surface area (Å²) in [6.45, 7) is 1.79. The minimum Gasteiger partial charge on any atom is -0.490 e. The largest absolute Gasteiger partial charge is 0.490 e. The summed E-state index contributed by atoms with van der Waals surface area (Å²) in [6.07, 6.45) is 3.41. The number of nitro groups is 1. The Labute approximate surface area is 144 Å². The number of ether oxygens (including phenoxy) is 1. The lowest BCUT2D eigenvalue weighted by Crippen LogP contribution is -2.48. The van der Waals surface area contributed by atoms with Crippen molar-refractivity contribution in [1.82, 2.24) is 15.2 Å². The Morgan fingerprint density at radius 2 is 2.28 bits per heavy atom. The summed E-state index contributed by atoms with van der Waals surface area (Å²) >= 11 is 0. The van der Waals surface area contributed by atoms with E-state index in [1.54, 1.807) is 23.4 Å². The predicted molar refractivity (Wildman–Crippen MR) is 90.5 cm³/mol. The van der Waals surface area contributed by atoms with Gasteiger partial charge in [-0.15, -0.1) is 0 Å². The number of hydrogen-bond acceptors (Lipinski definition) is 6. The van der Waals surface area contributed by atoms with Crippen molar-refractivity contribution in [1.29, 1.82) is 0 Å². The number of carbonyl (C=O) groups excluding carboxylic acids is 1. The maximum absolute atomic E-state index is 13.0. The maximum atomic E-state index is 13.0. The second kappa shape index (κ2) is 7.27. The molecule has 8 heteroatoms. The zero-order valence-corrected chi connectivity index (χ0v) is 13.7. The van der Waals surface area contributed by atoms with Crippen LogP contribution in [0.25, 0.3) is 0 Å². The fraction of sp³-hybridized carbons (Fsp3) is 0.294. The van der Waals surface area contributed by atoms with Crippen LogP contribution in [0.15, 0.2) is 42.7 Å². The molecule has 130 valence electrons. The molecule has 0 spiro atoms. The summed E-state index contributed by atoms with van der Waals surface area (Å²) in [5.74, 6) is -0.119. The number of amides is 1. The van der Waals surface area contributed by atoms with Gasteiger partial charge in [-0.1, -0.05) is 6.07 Å². The molecule has 25 heavy (non-hydrogen) atoms. The van der Waals surface area contributed by atoms with Gasteiger partial charge in [-0.05, 0) is 23.8 Å². The first-order valence-corrected chi connectivity index (χ1v) is 7.86. The number of methoxy groups -OCH3 is 1. The van der Waals surface area contributed by atoms with Crippen molar-refractivity contribution >= 4 is 11.6 Å². The van der Waals surface area contributed by atoms with Gasteiger partial charge in [-0.3, -0.25) is 19.9 Å². The number of aromatic nitrogens is 1. The number of carbonyl (C=O) groups is 1. The Balaban J connectivity index is 1.93. The van der Waals surface area contributed by atoms with Crippen molar-refractivity contribution in [3.05, 3.63) is 64.0 Å². The van der Waals surface area contributed by atoms with Crippen LogP contribution in [0, 0.1) is 10.1 Å². The highest BCUT2D eigenvalue weighted by Crippen LogP contribution is 2.30. The van der Waals surface area contributed by atoms with E-state index in [2.05, 4.69) is 10.3 Å². The van der Waals surface area contributed by atoms with Crippen LogP contribution >= 0.6 is 0 Å². The zero-order chi connectivity index (χ0) is 17.8. The lowest BCUT2D eigenvalue weighted by molar-refractivity contribution is -0.385. The molecule has 0 saturated carbocycles. The molecule has 2 heterocycles. The van der Waals surface area contributed by atoms with Gasteiger partial charge >= 0.3 is 5.69 Å². The monoisotopic (exact) mass is 342 g/mol. The number of nitro benzene ring substituents is 1. The molecule has 1 aliphatic rings. The smallest absolute Gasteiger partial charge is 0.311 e. The summed E-state index contributed by atoms with van der Waals surface area (Å²) in [6, 6.07) is 7.84. The molecule has 1 saturated heterocycles. The third kappa shape index (κ3) is 3.43. The number of benzene rings is 1. The summed E-state index contributed by atoms with van der Waals surface area (Å²) in [5.41, 5.74) is 0.968. The molecule has 1 fully saturated rings. The molecule has 1 unspecified atom stereocenters. The van der Waals surface area contributed by atoms with E-state index in [1.165, 1.54) is 19.2 Å². The predicted octanol–water partition coefficient (Wildman–Crippen LogP) is 1.79. The van der Waals surface area contributed by atoms with Crippen molar-refractivity contribution < 1.29 is 14.5 Å². The molecule has 1 N–H and O–H groups in total. The second-order valence-electron chi connectivity index (χ2n) is 5.65. The molecule has 1 atom stereocenters. The van der Waals surface area contributed by atoms with Crippen LogP contribution in [0.2, 0.25) is 0 Å². The average molecular weight is 342 g/mol. The van der Waals surface area contributed by atoms with E-state index in [-0.39, 0.29) is 28.9 Å². The van der Waals surface area contributed by atoms with Gasteiger partial charge in [0.25, 0.3) is 5.91 Å². The molecular weight excluding hydrogens is 324 g/mol. The van der Waals surface area contributed by atoms with E-state index in [4.69, 9.17) is 4.74 Å². The van der Waals surface area contributed by atoms with Gasteiger partial charge in [-0.25, -0.2) is 0 Å². The minimum absolute atomic E-state index is 0.130. The van der Waals surface area contributed by atoms with Gasteiger partial charge in [0.05, 0.1) is 18.1 Å². The Morgan fingerprint density at radius 1 is 1.44 bits per heavy atom. The van der Waals surface area contributed by atoms with Gasteiger partial charge in [-0.2, -0.15) is 0 Å². The van der Waals surface area contributed by atoms with E-state index in [9.17, 15) is 14.9 Å². The second-order valence-corrected chi connectivity index (χ2v) is 5.65. The molecule has 1 amide bonds. The van der Waals surface area contributed by atoms with E-state index in [1.807, 2.05) is 12.1 Å². The van der Waals surface area contributed by atoms with Crippen LogP contribution in [0.5, 0.6) is 5.75 Å². The Morgan fingerprint density at radius 3 is 2.96 bits per heavy atom. The number of nitrogens with one attached hydrogen (secondary N) is 1. The zero-order valence-electron chi connectivity index (χ0n) is 13.7. The lowest BCUT2D eigenvalue weighted by atomic mass is 10.0. The van der Waals surface area contributed by atoms with Crippen molar-refractivity contribution in [2.75, 3.05) is 26.7 Å². The molecule has 3 rings (SSSR count). The number of pyridine rings is 1. The van der Waals surface area contributed by atoms with Gasteiger partial charge in [0.1, 0.15) is 0 Å². The first kappa shape index (κ1) is 16.8. The number of nitrogens with zero attached hydrogens (tertiary/aromatic N) is 3. The molecular formula is C17H18N4O4. The molecule has 0 radical (unpaired) electrons. The number of piperazine rings is 1. The first-order valence-electron chi connectivity index (χ1n) is 7.86. The Kier molecular flexibility index (Phi) is 4.90. The van der Waals surface area contributed by atoms with E-state index in [0.29, 0.717) is 19.6 Å². The van der Waals surface area contributed by atoms with E-state index in [0.717, 1.165) is 5.56 Å². The molecule has 8 nitrogen and oxygen atoms in total. The fourth-order valence-corrected chi connectivity index (χ4v) is 2.95. The highest BCUT2D eigenvalue weighted by molar-refractivity contribution is 5.95. The van der Waals surface area contributed by atoms with Gasteiger partial charge in [0.15, 0.2) is 5.75 Å². The SMILES string of the molecule is COc1ccc(C(=O)N2CCNCC2c2cccnc2)cc1[N+](=O)[O-]. The molecule has 1 aromatic carbocycles. The average Bonchev–Trinajstić information content (AvgIpc) is 2.67. The number of rotatable bonds is 4. The van der Waals surface area contributed by atoms with Crippen LogP contribution in [0.1, 0.15) is 22.0 Å². The van der Waals surface area contributed by atoms with E-state index < -0.39 is 4.92 Å². The van der Waals surface area contributed by atoms with Crippen LogP contribution in [-0.2, 0) is 0 Å². The molecule has 0 bridgehead atoms. The molecule has 1 aliphatic heterocycles. The third-order valence-electron chi connectivity index (χ3n) is 4.20. The highest BCUT2D eigenvalue weighted by atomic mass is 16.6. The number of hydrogen-bond donors (Lipinski definition) is 1. The highest BCUT2D eigenvalue weighted by Gasteiger charge is 2.30. The lowest BCUT2D eigenvalue weighted by Gasteiger charge is -2.36. The summed E-state index contributed by atoms with van der Waals surface area (Å²) < 4.78 is 4.99. The van der Waals surface area contributed by atoms with Crippen molar-refractivity contribution in [2.24, 2.45) is 0 Å². The molecule has 0 aliphatic carbocycles. The molecule has 2 aromatic rings. The van der Waals surface area contributed by atoms with Crippen LogP contribution in [0.4, 0.5) is 5.69 Å². The van der Waals surface area contributed by atoms with Gasteiger partial charge in [0, 0.05) is 43.7 Å². The third-order valence-corrected chi connectivity index (χ3v) is 4.20. The van der Waals surface area contributed by atoms with Crippen LogP contribution in [-0.4, -0.2) is 47.5 Å². The van der Waals surface area contributed by atoms with Crippen molar-refractivity contribution in [2.45, 2.75) is 6.04 Å². The minimum atomic E-state index is -0.550. The Bertz CT molecular complexity index is 781. The topological polar surface area (TPSA) is 97.6 Å². The van der Waals surface area contributed by atoms with Gasteiger partial charge < -0.3 is 15.0 Å². The summed E-state index contributed by atoms with van der Waals surface area (Å²) in [7, 11) is 1.36. The van der Waals surface area contributed by atoms with Crippen molar-refractivity contribution in [3.63, 3.8) is 0 Å². The summed E-state index contributed by atoms with van der Waals surface area (Å²) in [5, 5.41) is 14.5. The first-order chi connectivity index (χ1) is 12.1.